The summed E-state index contributed by atoms with van der Waals surface area (Å²) >= 11 is 19.9. The number of anilines is 3. The number of H-pyrrole nitrogens is 3. The lowest BCUT2D eigenvalue weighted by Gasteiger charge is -2.29. The minimum Gasteiger partial charge on any atom is -0.463 e. The van der Waals surface area contributed by atoms with Gasteiger partial charge in [0.1, 0.15) is 88.5 Å². The number of alkyl halides is 6. The van der Waals surface area contributed by atoms with Crippen LogP contribution in [0.5, 0.6) is 17.2 Å². The average Bonchev–Trinajstić information content (AvgIpc) is 1.59. The number of halogens is 6. The highest BCUT2D eigenvalue weighted by Crippen LogP contribution is 2.58. The van der Waals surface area contributed by atoms with Gasteiger partial charge in [0.2, 0.25) is 17.8 Å². The highest BCUT2D eigenvalue weighted by atomic mass is 35.5. The number of aliphatic hydroxyl groups is 3. The Balaban J connectivity index is 0.000000193. The number of esters is 3. The van der Waals surface area contributed by atoms with Crippen LogP contribution in [0.4, 0.5) is 31.0 Å². The van der Waals surface area contributed by atoms with Crippen LogP contribution in [0, 0.1) is 17.8 Å². The van der Waals surface area contributed by atoms with Crippen LogP contribution < -0.4 is 47.5 Å². The second-order valence-corrected chi connectivity index (χ2v) is 38.8. The summed E-state index contributed by atoms with van der Waals surface area (Å²) in [4.78, 5) is 87.8. The zero-order valence-electron chi connectivity index (χ0n) is 68.7. The summed E-state index contributed by atoms with van der Waals surface area (Å²) in [6.45, 7) is 15.4. The van der Waals surface area contributed by atoms with Gasteiger partial charge in [0.15, 0.2) is 35.6 Å². The molecule has 672 valence electrons. The van der Waals surface area contributed by atoms with Gasteiger partial charge in [-0.15, -0.1) is 34.8 Å². The average molecular weight is 1840 g/mol. The lowest BCUT2D eigenvalue weighted by Crippen LogP contribution is -2.46. The fourth-order valence-electron chi connectivity index (χ4n) is 13.9. The molecule has 3 aromatic carbocycles. The summed E-state index contributed by atoms with van der Waals surface area (Å²) in [5.74, 6) is -4.28. The van der Waals surface area contributed by atoms with E-state index < -0.39 is 183 Å². The van der Waals surface area contributed by atoms with Crippen LogP contribution in [-0.2, 0) is 70.1 Å². The van der Waals surface area contributed by atoms with Crippen molar-refractivity contribution in [1.29, 1.82) is 0 Å². The van der Waals surface area contributed by atoms with Gasteiger partial charge >= 0.3 is 40.7 Å². The number of carbonyl (C=O) groups excluding carboxylic acids is 3. The first kappa shape index (κ1) is 96.3. The molecule has 3 aliphatic heterocycles. The monoisotopic (exact) mass is 1840 g/mol. The Morgan fingerprint density at radius 1 is 0.431 bits per heavy atom. The van der Waals surface area contributed by atoms with Gasteiger partial charge in [-0.25, -0.2) is 26.9 Å². The molecule has 0 amide bonds. The number of carbonyl (C=O) groups is 3. The van der Waals surface area contributed by atoms with Gasteiger partial charge in [-0.05, 0) is 117 Å². The molecular formula is C78H99Cl3F3N12O24P3. The summed E-state index contributed by atoms with van der Waals surface area (Å²) in [5, 5.41) is 34.0. The van der Waals surface area contributed by atoms with Crippen molar-refractivity contribution in [2.45, 2.75) is 190 Å². The lowest BCUT2D eigenvalue weighted by molar-refractivity contribution is -0.152. The van der Waals surface area contributed by atoms with E-state index >= 15 is 0 Å². The van der Waals surface area contributed by atoms with Gasteiger partial charge in [-0.1, -0.05) is 75.4 Å². The molecule has 45 heteroatoms. The molecule has 123 heavy (non-hydrogen) atoms. The smallest absolute Gasteiger partial charge is 0.380 e. The molecule has 3 aliphatic rings. The zero-order valence-corrected chi connectivity index (χ0v) is 73.6. The third-order valence-corrected chi connectivity index (χ3v) is 27.7. The maximum absolute atomic E-state index is 14.5. The second-order valence-electron chi connectivity index (χ2n) is 30.8. The van der Waals surface area contributed by atoms with Crippen molar-refractivity contribution in [2.75, 3.05) is 55.7 Å². The Morgan fingerprint density at radius 2 is 0.659 bits per heavy atom. The zero-order chi connectivity index (χ0) is 90.3. The Morgan fingerprint density at radius 3 is 0.870 bits per heavy atom. The number of nitrogens with one attached hydrogen (secondary N) is 3. The van der Waals surface area contributed by atoms with E-state index in [1.165, 1.54) is 92.0 Å². The van der Waals surface area contributed by atoms with Gasteiger partial charge in [0.25, 0.3) is 16.7 Å². The number of para-hydroxylation sites is 3. The second kappa shape index (κ2) is 39.8. The van der Waals surface area contributed by atoms with Crippen molar-refractivity contribution in [3.8, 4) is 17.2 Å². The highest BCUT2D eigenvalue weighted by molar-refractivity contribution is 7.55. The number of nitrogen functional groups attached to an aromatic ring is 3. The number of hydrogen-bond donors (Lipinski definition) is 9. The molecule has 0 spiro atoms. The summed E-state index contributed by atoms with van der Waals surface area (Å²) in [7, 11) is -12.4. The Kier molecular flexibility index (Phi) is 31.1. The van der Waals surface area contributed by atoms with Crippen LogP contribution in [0.25, 0.3) is 33.1 Å². The first-order valence-corrected chi connectivity index (χ1v) is 45.2. The molecule has 36 nitrogen and oxygen atoms in total. The summed E-state index contributed by atoms with van der Waals surface area (Å²) in [6, 6.07) is 28.9. The largest absolute Gasteiger partial charge is 0.463 e. The van der Waals surface area contributed by atoms with Gasteiger partial charge in [0, 0.05) is 18.6 Å². The first-order valence-electron chi connectivity index (χ1n) is 38.9. The van der Waals surface area contributed by atoms with Crippen LogP contribution in [0.2, 0.25) is 0 Å². The molecular weight excluding hydrogens is 1750 g/mol. The van der Waals surface area contributed by atoms with Gasteiger partial charge in [0.05, 0.1) is 89.0 Å². The maximum atomic E-state index is 14.5. The number of ether oxygens (including phenoxy) is 6. The molecule has 0 bridgehead atoms. The third-order valence-electron chi connectivity index (χ3n) is 19.8. The fourth-order valence-corrected chi connectivity index (χ4v) is 21.0. The third kappa shape index (κ3) is 22.0. The van der Waals surface area contributed by atoms with Gasteiger partial charge in [-0.3, -0.25) is 57.3 Å². The molecule has 9 aromatic rings. The normalized spacial score (nSPS) is 25.6. The van der Waals surface area contributed by atoms with Crippen LogP contribution in [0.15, 0.2) is 142 Å². The number of aliphatic hydroxyl groups excluding tert-OH is 3. The minimum atomic E-state index is -4.12. The Labute approximate surface area is 717 Å². The number of aromatic nitrogens is 9. The highest BCUT2D eigenvalue weighted by Gasteiger charge is 2.62. The van der Waals surface area contributed by atoms with E-state index in [9.17, 15) is 71.0 Å². The predicted octanol–water partition coefficient (Wildman–Crippen LogP) is 11.3. The first-order chi connectivity index (χ1) is 57.8. The molecule has 9 heterocycles. The van der Waals surface area contributed by atoms with Gasteiger partial charge in [-0.2, -0.15) is 15.0 Å². The van der Waals surface area contributed by atoms with E-state index in [4.69, 9.17) is 108 Å². The van der Waals surface area contributed by atoms with Crippen LogP contribution in [0.1, 0.15) is 102 Å². The van der Waals surface area contributed by atoms with E-state index in [0.29, 0.717) is 0 Å². The van der Waals surface area contributed by atoms with Crippen molar-refractivity contribution < 1.29 is 112 Å². The minimum absolute atomic E-state index is 0.0618. The number of nitrogens with two attached hydrogens (primary N) is 3. The standard InChI is InChI=1S/3C26H33ClFN4O8P/c3*1-14(2)37-23(35)15(3)12-41(36,40-17-8-6-5-7-9-17)39-16(4)19-20(33)26(27,13-28)24(38-19)32-11-10-18-21(32)30-25(29)31-22(18)34/h3*5-11,14-16,19-20,24,33H,12-13H2,1-4H3,(H3,29,30,31,34)/t15-,16+,19-,20+,24-,26?,41?;15-,16+,19-,20+,24-,26?,41+;15-,16+,19-,20+,24-,26?,41-/m111/s1. The molecule has 12 N–H and O–H groups in total. The van der Waals surface area contributed by atoms with Crippen LogP contribution in [-0.4, -0.2) is 203 Å². The summed E-state index contributed by atoms with van der Waals surface area (Å²) < 4.78 is 158. The predicted molar refractivity (Wildman–Crippen MR) is 449 cm³/mol. The van der Waals surface area contributed by atoms with E-state index in [-0.39, 0.29) is 105 Å². The number of nitrogens with zero attached hydrogens (tertiary/aromatic N) is 6. The summed E-state index contributed by atoms with van der Waals surface area (Å²) in [5.41, 5.74) is 15.7. The molecule has 12 rings (SSSR count). The number of hydrogen-bond acceptors (Lipinski definition) is 30. The van der Waals surface area contributed by atoms with Crippen molar-refractivity contribution in [3.63, 3.8) is 0 Å². The topological polar surface area (TPSA) is 504 Å². The molecule has 3 fully saturated rings. The Bertz CT molecular complexity index is 4990. The van der Waals surface area contributed by atoms with Crippen LogP contribution in [0.3, 0.4) is 0 Å². The molecule has 0 aliphatic carbocycles. The molecule has 4 unspecified atom stereocenters. The van der Waals surface area contributed by atoms with Crippen LogP contribution >= 0.6 is 57.6 Å². The number of aromatic amines is 3. The van der Waals surface area contributed by atoms with E-state index in [1.54, 1.807) is 133 Å². The summed E-state index contributed by atoms with van der Waals surface area (Å²) in [6.07, 6.45) is -14.5. The maximum Gasteiger partial charge on any atom is 0.380 e. The van der Waals surface area contributed by atoms with E-state index in [1.807, 2.05) is 0 Å². The molecule has 0 saturated carbocycles. The molecule has 0 radical (unpaired) electrons. The van der Waals surface area contributed by atoms with Crippen molar-refractivity contribution >= 4 is 126 Å². The van der Waals surface area contributed by atoms with Crippen molar-refractivity contribution in [3.05, 3.63) is 159 Å². The van der Waals surface area contributed by atoms with E-state index in [2.05, 4.69) is 29.9 Å². The Hall–Kier alpha value is -8.88. The van der Waals surface area contributed by atoms with E-state index in [0.717, 1.165) is 0 Å². The number of fused-ring (bicyclic) bond motifs is 3. The van der Waals surface area contributed by atoms with Crippen molar-refractivity contribution in [2.24, 2.45) is 17.8 Å². The number of benzene rings is 3. The fraction of sp³-hybridized carbons (Fsp3) is 0.500. The quantitative estimate of drug-likeness (QED) is 0.00798. The lowest BCUT2D eigenvalue weighted by atomic mass is 9.97. The molecule has 3 saturated heterocycles. The SMILES string of the molecule is CC(C)OC(=O)[C@H](C)CP(=O)(Oc1ccccc1)O[C@@H](C)[C@H]1O[C@@H](n2ccc3c(=O)[nH]c(N)nc32)C(Cl)(CF)[C@H]1O.CC(C)OC(=O)[C@H](C)C[P@@](=O)(Oc1ccccc1)O[C@@H](C)[C@H]1O[C@@H](n2ccc3c(=O)[nH]c(N)nc32)C(Cl)(CF)[C@H]1O.CC(C)OC(=O)[C@H](C)C[P@](=O)(Oc1ccccc1)O[C@@H](C)[C@H]1O[C@@H](n2ccc3c(=O)[nH]c(N)nc32)C(Cl)(CF)[C@H]1O. The molecule has 6 aromatic heterocycles. The molecule has 21 atom stereocenters. The number of rotatable bonds is 33. The van der Waals surface area contributed by atoms with Crippen molar-refractivity contribution in [1.82, 2.24) is 43.6 Å². The van der Waals surface area contributed by atoms with Gasteiger partial charge < -0.3 is 88.2 Å².